The van der Waals surface area contributed by atoms with Gasteiger partial charge < -0.3 is 4.74 Å². The highest BCUT2D eigenvalue weighted by Crippen LogP contribution is 2.08. The Labute approximate surface area is 89.1 Å². The standard InChI is InChI=1S/C12H14O3/c1-3-12(14)11-6-4-5-10(7-11)8-15-9(2)13/h4-7H,3,8H2,1-2H3. The third-order valence-corrected chi connectivity index (χ3v) is 2.01. The van der Waals surface area contributed by atoms with Crippen LogP contribution in [0.5, 0.6) is 0 Å². The van der Waals surface area contributed by atoms with Crippen LogP contribution in [0.1, 0.15) is 36.2 Å². The fourth-order valence-corrected chi connectivity index (χ4v) is 1.22. The van der Waals surface area contributed by atoms with Crippen molar-refractivity contribution in [3.8, 4) is 0 Å². The molecule has 0 fully saturated rings. The van der Waals surface area contributed by atoms with Crippen molar-refractivity contribution in [2.75, 3.05) is 0 Å². The van der Waals surface area contributed by atoms with Gasteiger partial charge in [0.2, 0.25) is 0 Å². The van der Waals surface area contributed by atoms with E-state index in [1.165, 1.54) is 6.92 Å². The smallest absolute Gasteiger partial charge is 0.302 e. The Balaban J connectivity index is 2.74. The van der Waals surface area contributed by atoms with E-state index in [2.05, 4.69) is 0 Å². The first kappa shape index (κ1) is 11.4. The number of benzene rings is 1. The average molecular weight is 206 g/mol. The summed E-state index contributed by atoms with van der Waals surface area (Å²) in [5, 5.41) is 0. The molecule has 1 aromatic carbocycles. The van der Waals surface area contributed by atoms with E-state index < -0.39 is 0 Å². The molecule has 3 nitrogen and oxygen atoms in total. The van der Waals surface area contributed by atoms with Crippen LogP contribution < -0.4 is 0 Å². The zero-order valence-corrected chi connectivity index (χ0v) is 8.95. The molecule has 0 saturated heterocycles. The van der Waals surface area contributed by atoms with E-state index >= 15 is 0 Å². The summed E-state index contributed by atoms with van der Waals surface area (Å²) >= 11 is 0. The van der Waals surface area contributed by atoms with Gasteiger partial charge in [-0.3, -0.25) is 9.59 Å². The van der Waals surface area contributed by atoms with Gasteiger partial charge in [-0.25, -0.2) is 0 Å². The molecule has 0 spiro atoms. The maximum absolute atomic E-state index is 11.4. The molecule has 0 aliphatic carbocycles. The van der Waals surface area contributed by atoms with Gasteiger partial charge in [0, 0.05) is 18.9 Å². The highest BCUT2D eigenvalue weighted by atomic mass is 16.5. The van der Waals surface area contributed by atoms with Crippen LogP contribution in [0, 0.1) is 0 Å². The molecule has 0 aliphatic heterocycles. The first-order valence-electron chi connectivity index (χ1n) is 4.89. The summed E-state index contributed by atoms with van der Waals surface area (Å²) in [6.07, 6.45) is 0.483. The predicted molar refractivity (Wildman–Crippen MR) is 56.5 cm³/mol. The third-order valence-electron chi connectivity index (χ3n) is 2.01. The second kappa shape index (κ2) is 5.29. The number of carbonyl (C=O) groups excluding carboxylic acids is 2. The molecular formula is C12H14O3. The molecule has 0 aliphatic rings. The number of esters is 1. The van der Waals surface area contributed by atoms with Crippen molar-refractivity contribution in [2.45, 2.75) is 26.9 Å². The molecule has 0 N–H and O–H groups in total. The second-order valence-corrected chi connectivity index (χ2v) is 3.26. The van der Waals surface area contributed by atoms with Crippen molar-refractivity contribution < 1.29 is 14.3 Å². The maximum Gasteiger partial charge on any atom is 0.302 e. The van der Waals surface area contributed by atoms with Crippen LogP contribution in [0.25, 0.3) is 0 Å². The van der Waals surface area contributed by atoms with Gasteiger partial charge in [-0.2, -0.15) is 0 Å². The minimum absolute atomic E-state index is 0.0969. The molecule has 0 unspecified atom stereocenters. The fraction of sp³-hybridized carbons (Fsp3) is 0.333. The van der Waals surface area contributed by atoms with Crippen molar-refractivity contribution in [3.63, 3.8) is 0 Å². The fourth-order valence-electron chi connectivity index (χ4n) is 1.22. The van der Waals surface area contributed by atoms with E-state index in [0.717, 1.165) is 5.56 Å². The van der Waals surface area contributed by atoms with E-state index in [4.69, 9.17) is 4.74 Å². The van der Waals surface area contributed by atoms with Crippen LogP contribution in [0.3, 0.4) is 0 Å². The van der Waals surface area contributed by atoms with Crippen LogP contribution in [-0.4, -0.2) is 11.8 Å². The molecular weight excluding hydrogens is 192 g/mol. The number of carbonyl (C=O) groups is 2. The van der Waals surface area contributed by atoms with Crippen LogP contribution in [-0.2, 0) is 16.1 Å². The number of ketones is 1. The number of ether oxygens (including phenoxy) is 1. The lowest BCUT2D eigenvalue weighted by atomic mass is 10.1. The largest absolute Gasteiger partial charge is 0.461 e. The molecule has 0 aromatic heterocycles. The Bertz CT molecular complexity index is 369. The SMILES string of the molecule is CCC(=O)c1cccc(COC(C)=O)c1. The average Bonchev–Trinajstić information content (AvgIpc) is 2.25. The lowest BCUT2D eigenvalue weighted by molar-refractivity contribution is -0.142. The normalized spacial score (nSPS) is 9.73. The molecule has 3 heteroatoms. The summed E-state index contributed by atoms with van der Waals surface area (Å²) in [6.45, 7) is 3.41. The van der Waals surface area contributed by atoms with Gasteiger partial charge in [0.25, 0.3) is 0 Å². The lowest BCUT2D eigenvalue weighted by Crippen LogP contribution is -2.01. The highest BCUT2D eigenvalue weighted by Gasteiger charge is 2.04. The second-order valence-electron chi connectivity index (χ2n) is 3.26. The first-order chi connectivity index (χ1) is 7.13. The molecule has 15 heavy (non-hydrogen) atoms. The summed E-state index contributed by atoms with van der Waals surface area (Å²) in [4.78, 5) is 22.0. The van der Waals surface area contributed by atoms with Crippen molar-refractivity contribution in [1.82, 2.24) is 0 Å². The van der Waals surface area contributed by atoms with Gasteiger partial charge in [0.05, 0.1) is 0 Å². The summed E-state index contributed by atoms with van der Waals surface area (Å²) in [7, 11) is 0. The Morgan fingerprint density at radius 2 is 2.07 bits per heavy atom. The highest BCUT2D eigenvalue weighted by molar-refractivity contribution is 5.95. The molecule has 0 heterocycles. The molecule has 1 rings (SSSR count). The van der Waals surface area contributed by atoms with Gasteiger partial charge in [-0.1, -0.05) is 25.1 Å². The zero-order valence-electron chi connectivity index (χ0n) is 8.95. The van der Waals surface area contributed by atoms with E-state index in [1.807, 2.05) is 13.0 Å². The molecule has 1 aromatic rings. The van der Waals surface area contributed by atoms with Crippen LogP contribution in [0.4, 0.5) is 0 Å². The molecule has 0 bridgehead atoms. The topological polar surface area (TPSA) is 43.4 Å². The number of Topliss-reactive ketones (excluding diaryl/α,β-unsaturated/α-hetero) is 1. The van der Waals surface area contributed by atoms with Gasteiger partial charge in [-0.05, 0) is 11.6 Å². The number of rotatable bonds is 4. The van der Waals surface area contributed by atoms with Crippen LogP contribution >= 0.6 is 0 Å². The summed E-state index contributed by atoms with van der Waals surface area (Å²) in [5.74, 6) is -0.220. The Kier molecular flexibility index (Phi) is 4.03. The van der Waals surface area contributed by atoms with Gasteiger partial charge in [-0.15, -0.1) is 0 Å². The molecule has 80 valence electrons. The number of hydrogen-bond acceptors (Lipinski definition) is 3. The predicted octanol–water partition coefficient (Wildman–Crippen LogP) is 2.34. The van der Waals surface area contributed by atoms with E-state index in [9.17, 15) is 9.59 Å². The molecule has 0 saturated carbocycles. The first-order valence-corrected chi connectivity index (χ1v) is 4.89. The van der Waals surface area contributed by atoms with Crippen molar-refractivity contribution in [2.24, 2.45) is 0 Å². The minimum atomic E-state index is -0.317. The Hall–Kier alpha value is -1.64. The van der Waals surface area contributed by atoms with E-state index in [1.54, 1.807) is 18.2 Å². The van der Waals surface area contributed by atoms with Crippen LogP contribution in [0.2, 0.25) is 0 Å². The van der Waals surface area contributed by atoms with Crippen molar-refractivity contribution >= 4 is 11.8 Å². The minimum Gasteiger partial charge on any atom is -0.461 e. The lowest BCUT2D eigenvalue weighted by Gasteiger charge is -2.04. The van der Waals surface area contributed by atoms with Gasteiger partial charge >= 0.3 is 5.97 Å². The number of hydrogen-bond donors (Lipinski definition) is 0. The van der Waals surface area contributed by atoms with Crippen LogP contribution in [0.15, 0.2) is 24.3 Å². The maximum atomic E-state index is 11.4. The molecule has 0 radical (unpaired) electrons. The molecule has 0 atom stereocenters. The molecule has 0 amide bonds. The Morgan fingerprint density at radius 3 is 2.67 bits per heavy atom. The Morgan fingerprint density at radius 1 is 1.33 bits per heavy atom. The quantitative estimate of drug-likeness (QED) is 0.561. The third kappa shape index (κ3) is 3.54. The van der Waals surface area contributed by atoms with Gasteiger partial charge in [0.15, 0.2) is 5.78 Å². The monoisotopic (exact) mass is 206 g/mol. The van der Waals surface area contributed by atoms with Crippen molar-refractivity contribution in [1.29, 1.82) is 0 Å². The summed E-state index contributed by atoms with van der Waals surface area (Å²) in [5.41, 5.74) is 1.51. The summed E-state index contributed by atoms with van der Waals surface area (Å²) < 4.78 is 4.85. The van der Waals surface area contributed by atoms with Crippen molar-refractivity contribution in [3.05, 3.63) is 35.4 Å². The van der Waals surface area contributed by atoms with E-state index in [0.29, 0.717) is 12.0 Å². The van der Waals surface area contributed by atoms with E-state index in [-0.39, 0.29) is 18.4 Å². The van der Waals surface area contributed by atoms with Gasteiger partial charge in [0.1, 0.15) is 6.61 Å². The summed E-state index contributed by atoms with van der Waals surface area (Å²) in [6, 6.07) is 7.15. The zero-order chi connectivity index (χ0) is 11.3.